The van der Waals surface area contributed by atoms with Crippen molar-refractivity contribution in [3.63, 3.8) is 0 Å². The third-order valence-electron chi connectivity index (χ3n) is 3.99. The highest BCUT2D eigenvalue weighted by atomic mass is 16.6. The maximum atomic E-state index is 11.6. The normalized spacial score (nSPS) is 10.9. The molecule has 0 fully saturated rings. The van der Waals surface area contributed by atoms with Crippen LogP contribution in [0.25, 0.3) is 33.7 Å². The fourth-order valence-corrected chi connectivity index (χ4v) is 2.76. The summed E-state index contributed by atoms with van der Waals surface area (Å²) in [7, 11) is 0. The van der Waals surface area contributed by atoms with Crippen LogP contribution in [0.4, 0.5) is 5.69 Å². The number of hydrogen-bond donors (Lipinski definition) is 2. The molecule has 0 radical (unpaired) electrons. The molecule has 128 valence electrons. The number of para-hydroxylation sites is 1. The number of aromatic amines is 1. The van der Waals surface area contributed by atoms with Gasteiger partial charge < -0.3 is 14.5 Å². The van der Waals surface area contributed by atoms with Gasteiger partial charge in [-0.15, -0.1) is 0 Å². The van der Waals surface area contributed by atoms with Crippen molar-refractivity contribution in [2.75, 3.05) is 0 Å². The number of nitro groups is 1. The summed E-state index contributed by atoms with van der Waals surface area (Å²) >= 11 is 0. The van der Waals surface area contributed by atoms with Gasteiger partial charge in [-0.1, -0.05) is 18.2 Å². The summed E-state index contributed by atoms with van der Waals surface area (Å²) < 4.78 is 5.73. The van der Waals surface area contributed by atoms with Crippen LogP contribution in [0.15, 0.2) is 59.1 Å². The zero-order valence-corrected chi connectivity index (χ0v) is 13.2. The molecular formula is C18H11N3O5. The fourth-order valence-electron chi connectivity index (χ4n) is 2.76. The second kappa shape index (κ2) is 5.85. The molecule has 4 aromatic rings. The molecule has 0 bridgehead atoms. The third-order valence-corrected chi connectivity index (χ3v) is 3.99. The van der Waals surface area contributed by atoms with Crippen LogP contribution in [0.1, 0.15) is 10.5 Å². The molecule has 0 amide bonds. The third kappa shape index (κ3) is 2.49. The smallest absolute Gasteiger partial charge is 0.358 e. The number of nitrogens with zero attached hydrogens (tertiary/aromatic N) is 2. The van der Waals surface area contributed by atoms with Crippen molar-refractivity contribution in [3.8, 4) is 22.8 Å². The minimum Gasteiger partial charge on any atom is -0.476 e. The molecule has 0 aliphatic heterocycles. The number of non-ortho nitro benzene ring substituents is 1. The van der Waals surface area contributed by atoms with Crippen molar-refractivity contribution < 1.29 is 19.2 Å². The second-order valence-electron chi connectivity index (χ2n) is 5.55. The lowest BCUT2D eigenvalue weighted by Crippen LogP contribution is -1.98. The zero-order chi connectivity index (χ0) is 18.3. The number of fused-ring (bicyclic) bond motifs is 1. The van der Waals surface area contributed by atoms with E-state index in [1.165, 1.54) is 24.3 Å². The van der Waals surface area contributed by atoms with E-state index in [-0.39, 0.29) is 23.0 Å². The van der Waals surface area contributed by atoms with Gasteiger partial charge in [0.1, 0.15) is 0 Å². The van der Waals surface area contributed by atoms with Crippen molar-refractivity contribution >= 4 is 22.6 Å². The molecule has 8 heteroatoms. The van der Waals surface area contributed by atoms with Gasteiger partial charge in [0, 0.05) is 40.4 Å². The summed E-state index contributed by atoms with van der Waals surface area (Å²) in [6.45, 7) is 0. The van der Waals surface area contributed by atoms with E-state index < -0.39 is 10.9 Å². The van der Waals surface area contributed by atoms with Crippen LogP contribution >= 0.6 is 0 Å². The van der Waals surface area contributed by atoms with Crippen molar-refractivity contribution in [2.45, 2.75) is 0 Å². The molecule has 0 unspecified atom stereocenters. The Balaban J connectivity index is 1.86. The van der Waals surface area contributed by atoms with Gasteiger partial charge in [0.05, 0.1) is 4.92 Å². The van der Waals surface area contributed by atoms with E-state index in [4.69, 9.17) is 4.42 Å². The molecule has 0 atom stereocenters. The largest absolute Gasteiger partial charge is 0.476 e. The fraction of sp³-hybridized carbons (Fsp3) is 0. The summed E-state index contributed by atoms with van der Waals surface area (Å²) in [5.41, 5.74) is 1.58. The lowest BCUT2D eigenvalue weighted by atomic mass is 10.1. The Morgan fingerprint density at radius 2 is 1.88 bits per heavy atom. The zero-order valence-electron chi connectivity index (χ0n) is 13.2. The summed E-state index contributed by atoms with van der Waals surface area (Å²) in [6, 6.07) is 13.0. The van der Waals surface area contributed by atoms with Crippen LogP contribution in [0.5, 0.6) is 0 Å². The van der Waals surface area contributed by atoms with E-state index in [1.54, 1.807) is 6.20 Å². The number of rotatable bonds is 4. The number of carbonyl (C=O) groups is 1. The summed E-state index contributed by atoms with van der Waals surface area (Å²) in [4.78, 5) is 29.0. The van der Waals surface area contributed by atoms with Crippen LogP contribution in [0.3, 0.4) is 0 Å². The number of benzene rings is 2. The predicted octanol–water partition coefficient (Wildman–Crippen LogP) is 4.10. The minimum atomic E-state index is -1.22. The predicted molar refractivity (Wildman–Crippen MR) is 92.8 cm³/mol. The lowest BCUT2D eigenvalue weighted by molar-refractivity contribution is -0.384. The molecular weight excluding hydrogens is 338 g/mol. The van der Waals surface area contributed by atoms with E-state index in [0.717, 1.165) is 10.9 Å². The summed E-state index contributed by atoms with van der Waals surface area (Å²) in [5, 5.41) is 21.1. The van der Waals surface area contributed by atoms with E-state index in [9.17, 15) is 20.0 Å². The van der Waals surface area contributed by atoms with E-state index in [1.807, 2.05) is 24.3 Å². The first-order chi connectivity index (χ1) is 12.5. The number of aromatic carboxylic acids is 1. The molecule has 2 N–H and O–H groups in total. The van der Waals surface area contributed by atoms with Crippen molar-refractivity contribution in [2.24, 2.45) is 0 Å². The van der Waals surface area contributed by atoms with Crippen molar-refractivity contribution in [1.29, 1.82) is 0 Å². The highest BCUT2D eigenvalue weighted by Gasteiger charge is 2.24. The molecule has 2 aromatic carbocycles. The van der Waals surface area contributed by atoms with Gasteiger partial charge in [-0.25, -0.2) is 9.78 Å². The topological polar surface area (TPSA) is 122 Å². The van der Waals surface area contributed by atoms with Crippen LogP contribution in [0, 0.1) is 10.1 Å². The molecule has 0 saturated carbocycles. The van der Waals surface area contributed by atoms with E-state index in [2.05, 4.69) is 9.97 Å². The highest BCUT2D eigenvalue weighted by molar-refractivity contribution is 6.00. The number of H-pyrrole nitrogens is 1. The van der Waals surface area contributed by atoms with Crippen LogP contribution in [-0.4, -0.2) is 26.0 Å². The number of carboxylic acid groups (broad SMARTS) is 1. The molecule has 0 saturated heterocycles. The molecule has 4 rings (SSSR count). The summed E-state index contributed by atoms with van der Waals surface area (Å²) in [5.74, 6) is -1.01. The molecule has 2 heterocycles. The Labute approximate surface area is 145 Å². The highest BCUT2D eigenvalue weighted by Crippen LogP contribution is 2.34. The number of carboxylic acids is 1. The minimum absolute atomic E-state index is 0.0735. The first kappa shape index (κ1) is 15.6. The first-order valence-electron chi connectivity index (χ1n) is 7.60. The van der Waals surface area contributed by atoms with Gasteiger partial charge in [0.15, 0.2) is 11.5 Å². The average molecular weight is 349 g/mol. The number of nitro benzene ring substituents is 1. The standard InChI is InChI=1S/C18H11N3O5/c22-18(23)15-16(13-9-19-14-4-2-1-3-12(13)14)26-17(20-15)10-5-7-11(8-6-10)21(24)25/h1-9,19H,(H,22,23). The number of aromatic nitrogens is 2. The molecule has 0 aliphatic rings. The van der Waals surface area contributed by atoms with Gasteiger partial charge in [-0.2, -0.15) is 0 Å². The average Bonchev–Trinajstić information content (AvgIpc) is 3.26. The Kier molecular flexibility index (Phi) is 3.51. The van der Waals surface area contributed by atoms with Crippen LogP contribution in [-0.2, 0) is 0 Å². The Morgan fingerprint density at radius 1 is 1.15 bits per heavy atom. The monoisotopic (exact) mass is 349 g/mol. The van der Waals surface area contributed by atoms with E-state index >= 15 is 0 Å². The molecule has 0 spiro atoms. The van der Waals surface area contributed by atoms with E-state index in [0.29, 0.717) is 11.1 Å². The Hall–Kier alpha value is -3.94. The van der Waals surface area contributed by atoms with Crippen LogP contribution in [0.2, 0.25) is 0 Å². The quantitative estimate of drug-likeness (QED) is 0.422. The maximum Gasteiger partial charge on any atom is 0.358 e. The van der Waals surface area contributed by atoms with Crippen molar-refractivity contribution in [1.82, 2.24) is 9.97 Å². The van der Waals surface area contributed by atoms with Crippen molar-refractivity contribution in [3.05, 3.63) is 70.5 Å². The Morgan fingerprint density at radius 3 is 2.58 bits per heavy atom. The first-order valence-corrected chi connectivity index (χ1v) is 7.60. The summed E-state index contributed by atoms with van der Waals surface area (Å²) in [6.07, 6.45) is 1.66. The SMILES string of the molecule is O=C(O)c1nc(-c2ccc([N+](=O)[O-])cc2)oc1-c1c[nH]c2ccccc12. The van der Waals surface area contributed by atoms with Gasteiger partial charge in [-0.05, 0) is 18.2 Å². The van der Waals surface area contributed by atoms with Crippen LogP contribution < -0.4 is 0 Å². The lowest BCUT2D eigenvalue weighted by Gasteiger charge is -1.97. The second-order valence-corrected chi connectivity index (χ2v) is 5.55. The number of nitrogens with one attached hydrogen (secondary N) is 1. The van der Waals surface area contributed by atoms with Gasteiger partial charge in [0.2, 0.25) is 5.89 Å². The van der Waals surface area contributed by atoms with Gasteiger partial charge in [-0.3, -0.25) is 10.1 Å². The molecule has 0 aliphatic carbocycles. The van der Waals surface area contributed by atoms with Gasteiger partial charge >= 0.3 is 5.97 Å². The number of oxazole rings is 1. The van der Waals surface area contributed by atoms with Gasteiger partial charge in [0.25, 0.3) is 5.69 Å². The Bertz CT molecular complexity index is 1140. The molecule has 26 heavy (non-hydrogen) atoms. The molecule has 2 aromatic heterocycles. The molecule has 8 nitrogen and oxygen atoms in total. The number of hydrogen-bond acceptors (Lipinski definition) is 5. The maximum absolute atomic E-state index is 11.6.